The van der Waals surface area contributed by atoms with Gasteiger partial charge in [-0.2, -0.15) is 0 Å². The van der Waals surface area contributed by atoms with Crippen molar-refractivity contribution in [1.29, 1.82) is 0 Å². The van der Waals surface area contributed by atoms with E-state index in [1.54, 1.807) is 36.4 Å². The third kappa shape index (κ3) is 4.69. The van der Waals surface area contributed by atoms with Crippen molar-refractivity contribution >= 4 is 11.6 Å². The molecule has 6 nitrogen and oxygen atoms in total. The van der Waals surface area contributed by atoms with E-state index in [2.05, 4.69) is 11.9 Å². The average molecular weight is 357 g/mol. The smallest absolute Gasteiger partial charge is 0.259 e. The number of hydrogen-bond donors (Lipinski definition) is 1. The van der Waals surface area contributed by atoms with Crippen molar-refractivity contribution in [1.82, 2.24) is 0 Å². The molecule has 26 heavy (non-hydrogen) atoms. The van der Waals surface area contributed by atoms with Crippen molar-refractivity contribution in [3.63, 3.8) is 0 Å². The predicted octanol–water partition coefficient (Wildman–Crippen LogP) is 3.92. The molecule has 0 spiro atoms. The highest BCUT2D eigenvalue weighted by Crippen LogP contribution is 2.35. The highest BCUT2D eigenvalue weighted by molar-refractivity contribution is 6.06. The predicted molar refractivity (Wildman–Crippen MR) is 101 cm³/mol. The molecule has 0 aliphatic carbocycles. The van der Waals surface area contributed by atoms with Crippen molar-refractivity contribution in [3.05, 3.63) is 54.1 Å². The maximum atomic E-state index is 12.6. The Bertz CT molecular complexity index is 784. The van der Waals surface area contributed by atoms with Gasteiger partial charge in [-0.05, 0) is 36.8 Å². The van der Waals surface area contributed by atoms with E-state index >= 15 is 0 Å². The second kappa shape index (κ2) is 8.80. The lowest BCUT2D eigenvalue weighted by Crippen LogP contribution is -2.13. The van der Waals surface area contributed by atoms with Gasteiger partial charge in [-0.1, -0.05) is 6.58 Å². The lowest BCUT2D eigenvalue weighted by molar-refractivity contribution is 0.102. The number of benzene rings is 2. The Morgan fingerprint density at radius 3 is 2.08 bits per heavy atom. The van der Waals surface area contributed by atoms with Gasteiger partial charge in [0, 0.05) is 17.8 Å². The summed E-state index contributed by atoms with van der Waals surface area (Å²) in [6, 6.07) is 10.3. The van der Waals surface area contributed by atoms with Gasteiger partial charge in [-0.25, -0.2) is 0 Å². The number of nitrogens with one attached hydrogen (secondary N) is 1. The molecule has 1 amide bonds. The van der Waals surface area contributed by atoms with Crippen LogP contribution in [0.15, 0.2) is 48.6 Å². The fraction of sp³-hybridized carbons (Fsp3) is 0.250. The first kappa shape index (κ1) is 19.2. The molecule has 1 N–H and O–H groups in total. The van der Waals surface area contributed by atoms with Crippen LogP contribution in [0.3, 0.4) is 0 Å². The molecule has 138 valence electrons. The summed E-state index contributed by atoms with van der Waals surface area (Å²) in [5, 5.41) is 2.83. The normalized spacial score (nSPS) is 10.0. The topological polar surface area (TPSA) is 66.0 Å². The first-order valence-corrected chi connectivity index (χ1v) is 7.97. The van der Waals surface area contributed by atoms with Crippen LogP contribution in [0, 0.1) is 0 Å². The van der Waals surface area contributed by atoms with Gasteiger partial charge >= 0.3 is 0 Å². The van der Waals surface area contributed by atoms with Gasteiger partial charge < -0.3 is 24.3 Å². The minimum atomic E-state index is -0.321. The molecule has 6 heteroatoms. The van der Waals surface area contributed by atoms with Crippen LogP contribution < -0.4 is 24.3 Å². The van der Waals surface area contributed by atoms with Crippen LogP contribution in [0.1, 0.15) is 17.3 Å². The van der Waals surface area contributed by atoms with Crippen LogP contribution in [0.25, 0.3) is 0 Å². The molecule has 0 radical (unpaired) electrons. The van der Waals surface area contributed by atoms with Gasteiger partial charge in [-0.15, -0.1) is 0 Å². The van der Waals surface area contributed by atoms with E-state index in [4.69, 9.17) is 18.9 Å². The van der Waals surface area contributed by atoms with Crippen molar-refractivity contribution < 1.29 is 23.7 Å². The molecule has 0 aromatic heterocycles. The van der Waals surface area contributed by atoms with E-state index < -0.39 is 0 Å². The number of ether oxygens (including phenoxy) is 4. The van der Waals surface area contributed by atoms with Crippen LogP contribution in [0.5, 0.6) is 23.0 Å². The van der Waals surface area contributed by atoms with Gasteiger partial charge in [0.25, 0.3) is 5.91 Å². The Morgan fingerprint density at radius 1 is 0.962 bits per heavy atom. The van der Waals surface area contributed by atoms with Crippen molar-refractivity contribution in [2.45, 2.75) is 6.92 Å². The monoisotopic (exact) mass is 357 g/mol. The molecule has 0 fully saturated rings. The minimum absolute atomic E-state index is 0.321. The van der Waals surface area contributed by atoms with Crippen molar-refractivity contribution in [2.75, 3.05) is 33.3 Å². The Labute approximate surface area is 153 Å². The van der Waals surface area contributed by atoms with E-state index in [0.717, 1.165) is 5.57 Å². The van der Waals surface area contributed by atoms with Crippen LogP contribution in [-0.2, 0) is 0 Å². The lowest BCUT2D eigenvalue weighted by Gasteiger charge is -2.14. The minimum Gasteiger partial charge on any atom is -0.496 e. The molecule has 0 saturated heterocycles. The van der Waals surface area contributed by atoms with E-state index in [0.29, 0.717) is 40.9 Å². The molecule has 2 aromatic carbocycles. The summed E-state index contributed by atoms with van der Waals surface area (Å²) in [6.07, 6.45) is 0. The number of carbonyl (C=O) groups excluding carboxylic acids is 1. The number of carbonyl (C=O) groups is 1. The van der Waals surface area contributed by atoms with Crippen LogP contribution in [0.4, 0.5) is 5.69 Å². The molecule has 0 saturated carbocycles. The first-order chi connectivity index (χ1) is 12.5. The second-order valence-electron chi connectivity index (χ2n) is 5.63. The van der Waals surface area contributed by atoms with Gasteiger partial charge in [0.1, 0.15) is 18.1 Å². The van der Waals surface area contributed by atoms with E-state index in [9.17, 15) is 4.79 Å². The highest BCUT2D eigenvalue weighted by atomic mass is 16.5. The second-order valence-corrected chi connectivity index (χ2v) is 5.63. The first-order valence-electron chi connectivity index (χ1n) is 7.97. The molecule has 0 atom stereocenters. The number of rotatable bonds is 8. The number of methoxy groups -OCH3 is 3. The molecule has 2 aromatic rings. The third-order valence-electron chi connectivity index (χ3n) is 3.55. The fourth-order valence-electron chi connectivity index (χ4n) is 2.25. The molecule has 0 heterocycles. The molecular formula is C20H23NO5. The summed E-state index contributed by atoms with van der Waals surface area (Å²) >= 11 is 0. The molecule has 0 aliphatic heterocycles. The van der Waals surface area contributed by atoms with E-state index in [-0.39, 0.29) is 5.91 Å². The van der Waals surface area contributed by atoms with E-state index in [1.165, 1.54) is 21.3 Å². The zero-order valence-corrected chi connectivity index (χ0v) is 15.4. The molecule has 0 unspecified atom stereocenters. The molecule has 0 bridgehead atoms. The van der Waals surface area contributed by atoms with Crippen LogP contribution in [0.2, 0.25) is 0 Å². The maximum Gasteiger partial charge on any atom is 0.259 e. The maximum absolute atomic E-state index is 12.6. The Kier molecular flexibility index (Phi) is 6.49. The van der Waals surface area contributed by atoms with Crippen molar-refractivity contribution in [3.8, 4) is 23.0 Å². The third-order valence-corrected chi connectivity index (χ3v) is 3.55. The summed E-state index contributed by atoms with van der Waals surface area (Å²) in [5.74, 6) is 1.71. The number of hydrogen-bond acceptors (Lipinski definition) is 5. The summed E-state index contributed by atoms with van der Waals surface area (Å²) < 4.78 is 21.3. The van der Waals surface area contributed by atoms with Crippen LogP contribution >= 0.6 is 0 Å². The number of amides is 1. The van der Waals surface area contributed by atoms with Gasteiger partial charge in [0.05, 0.1) is 26.9 Å². The van der Waals surface area contributed by atoms with Crippen LogP contribution in [-0.4, -0.2) is 33.8 Å². The van der Waals surface area contributed by atoms with Gasteiger partial charge in [-0.3, -0.25) is 4.79 Å². The zero-order valence-electron chi connectivity index (χ0n) is 15.4. The molecule has 0 aliphatic rings. The zero-order chi connectivity index (χ0) is 19.1. The van der Waals surface area contributed by atoms with Gasteiger partial charge in [0.2, 0.25) is 0 Å². The number of anilines is 1. The lowest BCUT2D eigenvalue weighted by atomic mass is 10.1. The van der Waals surface area contributed by atoms with E-state index in [1.807, 2.05) is 6.92 Å². The fourth-order valence-corrected chi connectivity index (χ4v) is 2.25. The summed E-state index contributed by atoms with van der Waals surface area (Å²) in [4.78, 5) is 12.6. The molecule has 2 rings (SSSR count). The quantitative estimate of drug-likeness (QED) is 0.726. The standard InChI is InChI=1S/C20H23NO5/c1-13(2)12-26-15-8-6-14(7-9-15)21-20(22)16-10-18(24-4)19(25-5)11-17(16)23-3/h6-11H,1,12H2,2-5H3,(H,21,22). The Balaban J connectivity index is 2.17. The average Bonchev–Trinajstić information content (AvgIpc) is 2.66. The largest absolute Gasteiger partial charge is 0.496 e. The molecular weight excluding hydrogens is 334 g/mol. The summed E-state index contributed by atoms with van der Waals surface area (Å²) in [7, 11) is 4.52. The summed E-state index contributed by atoms with van der Waals surface area (Å²) in [5.41, 5.74) is 1.91. The highest BCUT2D eigenvalue weighted by Gasteiger charge is 2.18. The van der Waals surface area contributed by atoms with Gasteiger partial charge in [0.15, 0.2) is 11.5 Å². The van der Waals surface area contributed by atoms with Crippen molar-refractivity contribution in [2.24, 2.45) is 0 Å². The SMILES string of the molecule is C=C(C)COc1ccc(NC(=O)c2cc(OC)c(OC)cc2OC)cc1. The summed E-state index contributed by atoms with van der Waals surface area (Å²) in [6.45, 7) is 6.14. The Hall–Kier alpha value is -3.15. The Morgan fingerprint density at radius 2 is 1.54 bits per heavy atom.